The third kappa shape index (κ3) is 7.91. The van der Waals surface area contributed by atoms with Crippen LogP contribution >= 0.6 is 0 Å². The van der Waals surface area contributed by atoms with Crippen molar-refractivity contribution in [2.24, 2.45) is 5.92 Å². The van der Waals surface area contributed by atoms with Crippen molar-refractivity contribution in [3.8, 4) is 5.69 Å². The lowest BCUT2D eigenvalue weighted by atomic mass is 9.90. The maximum absolute atomic E-state index is 13.2. The van der Waals surface area contributed by atoms with E-state index in [0.29, 0.717) is 30.5 Å². The van der Waals surface area contributed by atoms with Crippen LogP contribution < -0.4 is 16.0 Å². The second-order valence-corrected chi connectivity index (χ2v) is 12.9. The maximum Gasteiger partial charge on any atom is 0.451 e. The Kier molecular flexibility index (Phi) is 9.18. The molecule has 3 heterocycles. The average Bonchev–Trinajstić information content (AvgIpc) is 3.58. The van der Waals surface area contributed by atoms with Crippen LogP contribution in [-0.2, 0) is 18.0 Å². The van der Waals surface area contributed by atoms with Crippen LogP contribution in [0.25, 0.3) is 5.69 Å². The summed E-state index contributed by atoms with van der Waals surface area (Å²) in [5.74, 6) is -0.258. The third-order valence-electron chi connectivity index (χ3n) is 7.99. The minimum Gasteiger partial charge on any atom is -0.455 e. The molecule has 4 amide bonds. The van der Waals surface area contributed by atoms with E-state index in [-0.39, 0.29) is 22.9 Å². The standard InChI is InChI=1S/C34H39F3N6O3/c1-21-6-12-26(13-7-21)43-29(20-28(41-43)33(3,4)5)40-31(44)38-25-10-8-23(9-11-25)19-24-14-16-42(17-15-24)32(45)39-27-18-22(2)46-30(27)34(35,36)37/h6-13,18,20,24H,14-17,19H2,1-5H3,(H,39,45)(H2,38,40,44). The van der Waals surface area contributed by atoms with Crippen LogP contribution in [0.4, 0.5) is 40.0 Å². The number of nitrogens with one attached hydrogen (secondary N) is 3. The zero-order valence-electron chi connectivity index (χ0n) is 26.6. The van der Waals surface area contributed by atoms with Crippen molar-refractivity contribution in [3.05, 3.63) is 89.0 Å². The van der Waals surface area contributed by atoms with Crippen LogP contribution in [0, 0.1) is 19.8 Å². The first-order chi connectivity index (χ1) is 21.7. The number of carbonyl (C=O) groups excluding carboxylic acids is 2. The van der Waals surface area contributed by atoms with Gasteiger partial charge >= 0.3 is 18.2 Å². The maximum atomic E-state index is 13.2. The number of alkyl halides is 3. The first-order valence-corrected chi connectivity index (χ1v) is 15.2. The van der Waals surface area contributed by atoms with Crippen LogP contribution in [0.2, 0.25) is 0 Å². The number of carbonyl (C=O) groups is 2. The Labute approximate surface area is 266 Å². The zero-order chi connectivity index (χ0) is 33.2. The quantitative estimate of drug-likeness (QED) is 0.197. The minimum atomic E-state index is -4.69. The number of aromatic nitrogens is 2. The molecule has 1 aliphatic rings. The van der Waals surface area contributed by atoms with Crippen molar-refractivity contribution in [1.82, 2.24) is 14.7 Å². The Hall–Kier alpha value is -4.74. The summed E-state index contributed by atoms with van der Waals surface area (Å²) in [6.07, 6.45) is -2.47. The van der Waals surface area contributed by atoms with Crippen LogP contribution in [-0.4, -0.2) is 39.8 Å². The molecule has 5 rings (SSSR count). The van der Waals surface area contributed by atoms with E-state index in [1.807, 2.05) is 61.5 Å². The Balaban J connectivity index is 1.14. The second-order valence-electron chi connectivity index (χ2n) is 12.9. The van der Waals surface area contributed by atoms with E-state index >= 15 is 0 Å². The van der Waals surface area contributed by atoms with Crippen molar-refractivity contribution in [3.63, 3.8) is 0 Å². The highest BCUT2D eigenvalue weighted by Crippen LogP contribution is 2.37. The number of hydrogen-bond donors (Lipinski definition) is 3. The van der Waals surface area contributed by atoms with Gasteiger partial charge in [0.05, 0.1) is 17.1 Å². The van der Waals surface area contributed by atoms with E-state index in [1.54, 1.807) is 4.68 Å². The lowest BCUT2D eigenvalue weighted by molar-refractivity contribution is -0.152. The van der Waals surface area contributed by atoms with Crippen LogP contribution in [0.5, 0.6) is 0 Å². The normalized spacial score (nSPS) is 14.3. The highest BCUT2D eigenvalue weighted by molar-refractivity contribution is 5.99. The van der Waals surface area contributed by atoms with E-state index in [4.69, 9.17) is 9.52 Å². The molecule has 0 atom stereocenters. The molecule has 0 aliphatic carbocycles. The van der Waals surface area contributed by atoms with Crippen molar-refractivity contribution in [1.29, 1.82) is 0 Å². The van der Waals surface area contributed by atoms with Gasteiger partial charge in [0, 0.05) is 36.3 Å². The molecule has 3 N–H and O–H groups in total. The van der Waals surface area contributed by atoms with Crippen molar-refractivity contribution < 1.29 is 27.2 Å². The monoisotopic (exact) mass is 636 g/mol. The van der Waals surface area contributed by atoms with Gasteiger partial charge in [-0.3, -0.25) is 5.32 Å². The highest BCUT2D eigenvalue weighted by Gasteiger charge is 2.39. The average molecular weight is 637 g/mol. The molecule has 2 aromatic heterocycles. The number of halogens is 3. The number of rotatable bonds is 6. The molecule has 0 radical (unpaired) electrons. The number of nitrogens with zero attached hydrogens (tertiary/aromatic N) is 3. The molecule has 1 saturated heterocycles. The van der Waals surface area contributed by atoms with E-state index in [0.717, 1.165) is 41.8 Å². The molecule has 46 heavy (non-hydrogen) atoms. The lowest BCUT2D eigenvalue weighted by Crippen LogP contribution is -2.41. The molecule has 2 aromatic carbocycles. The molecule has 0 spiro atoms. The first kappa shape index (κ1) is 32.6. The lowest BCUT2D eigenvalue weighted by Gasteiger charge is -2.32. The van der Waals surface area contributed by atoms with E-state index < -0.39 is 18.0 Å². The molecule has 9 nitrogen and oxygen atoms in total. The number of benzene rings is 2. The highest BCUT2D eigenvalue weighted by atomic mass is 19.4. The van der Waals surface area contributed by atoms with Gasteiger partial charge in [-0.2, -0.15) is 18.3 Å². The molecule has 0 bridgehead atoms. The molecular formula is C34H39F3N6O3. The molecule has 244 valence electrons. The summed E-state index contributed by atoms with van der Waals surface area (Å²) in [5, 5.41) is 12.9. The summed E-state index contributed by atoms with van der Waals surface area (Å²) in [7, 11) is 0. The number of amides is 4. The molecule has 0 unspecified atom stereocenters. The van der Waals surface area contributed by atoms with E-state index in [9.17, 15) is 22.8 Å². The fraction of sp³-hybridized carbons (Fsp3) is 0.382. The van der Waals surface area contributed by atoms with Crippen molar-refractivity contribution >= 4 is 29.3 Å². The molecule has 1 aliphatic heterocycles. The number of hydrogen-bond acceptors (Lipinski definition) is 4. The van der Waals surface area contributed by atoms with E-state index in [2.05, 4.69) is 36.7 Å². The summed E-state index contributed by atoms with van der Waals surface area (Å²) in [6.45, 7) is 10.5. The van der Waals surface area contributed by atoms with Gasteiger partial charge in [0.2, 0.25) is 5.76 Å². The predicted octanol–water partition coefficient (Wildman–Crippen LogP) is 8.53. The molecule has 1 fully saturated rings. The third-order valence-corrected chi connectivity index (χ3v) is 7.99. The number of likely N-dealkylation sites (tertiary alicyclic amines) is 1. The van der Waals surface area contributed by atoms with Gasteiger partial charge in [0.1, 0.15) is 11.6 Å². The minimum absolute atomic E-state index is 0.0726. The van der Waals surface area contributed by atoms with Crippen LogP contribution in [0.3, 0.4) is 0 Å². The topological polar surface area (TPSA) is 104 Å². The van der Waals surface area contributed by atoms with Gasteiger partial charge in [-0.05, 0) is 68.9 Å². The second kappa shape index (κ2) is 12.9. The SMILES string of the molecule is Cc1ccc(-n2nc(C(C)(C)C)cc2NC(=O)Nc2ccc(CC3CCN(C(=O)Nc4cc(C)oc4C(F)(F)F)CC3)cc2)cc1. The Morgan fingerprint density at radius 1 is 0.913 bits per heavy atom. The van der Waals surface area contributed by atoms with Crippen LogP contribution in [0.15, 0.2) is 65.1 Å². The summed E-state index contributed by atoms with van der Waals surface area (Å²) < 4.78 is 46.2. The fourth-order valence-corrected chi connectivity index (χ4v) is 5.41. The predicted molar refractivity (Wildman–Crippen MR) is 172 cm³/mol. The fourth-order valence-electron chi connectivity index (χ4n) is 5.41. The first-order valence-electron chi connectivity index (χ1n) is 15.2. The molecular weight excluding hydrogens is 597 g/mol. The van der Waals surface area contributed by atoms with Crippen LogP contribution in [0.1, 0.15) is 62.0 Å². The zero-order valence-corrected chi connectivity index (χ0v) is 26.6. The number of urea groups is 2. The number of furan rings is 1. The Morgan fingerprint density at radius 3 is 2.17 bits per heavy atom. The smallest absolute Gasteiger partial charge is 0.451 e. The molecule has 4 aromatic rings. The number of aryl methyl sites for hydroxylation is 2. The van der Waals surface area contributed by atoms with Gasteiger partial charge in [0.25, 0.3) is 0 Å². The summed E-state index contributed by atoms with van der Waals surface area (Å²) in [4.78, 5) is 27.2. The van der Waals surface area contributed by atoms with Gasteiger partial charge < -0.3 is 20.0 Å². The summed E-state index contributed by atoms with van der Waals surface area (Å²) in [6, 6.07) is 17.6. The van der Waals surface area contributed by atoms with Gasteiger partial charge in [0.15, 0.2) is 0 Å². The van der Waals surface area contributed by atoms with Gasteiger partial charge in [-0.25, -0.2) is 14.3 Å². The molecule has 0 saturated carbocycles. The molecule has 12 heteroatoms. The number of piperidine rings is 1. The Morgan fingerprint density at radius 2 is 1.57 bits per heavy atom. The number of anilines is 3. The van der Waals surface area contributed by atoms with Crippen molar-refractivity contribution in [2.75, 3.05) is 29.0 Å². The largest absolute Gasteiger partial charge is 0.455 e. The summed E-state index contributed by atoms with van der Waals surface area (Å²) >= 11 is 0. The van der Waals surface area contributed by atoms with Crippen molar-refractivity contribution in [2.45, 2.75) is 65.5 Å². The van der Waals surface area contributed by atoms with E-state index in [1.165, 1.54) is 17.9 Å². The summed E-state index contributed by atoms with van der Waals surface area (Å²) in [5.41, 5.74) is 3.97. The Bertz CT molecular complexity index is 1680. The van der Waals surface area contributed by atoms with Gasteiger partial charge in [-0.15, -0.1) is 0 Å². The van der Waals surface area contributed by atoms with Gasteiger partial charge in [-0.1, -0.05) is 50.6 Å².